The Morgan fingerprint density at radius 2 is 1.97 bits per heavy atom. The Morgan fingerprint density at radius 3 is 2.67 bits per heavy atom. The molecule has 1 aromatic carbocycles. The molecule has 5 rings (SSSR count). The van der Waals surface area contributed by atoms with Gasteiger partial charge < -0.3 is 9.30 Å². The molecule has 1 saturated heterocycles. The van der Waals surface area contributed by atoms with Crippen molar-refractivity contribution < 1.29 is 9.13 Å². The summed E-state index contributed by atoms with van der Waals surface area (Å²) in [6, 6.07) is 5.77. The quantitative estimate of drug-likeness (QED) is 0.514. The Balaban J connectivity index is 1.68. The van der Waals surface area contributed by atoms with Crippen molar-refractivity contribution in [3.05, 3.63) is 68.4 Å². The molecule has 156 valence electrons. The number of benzene rings is 1. The van der Waals surface area contributed by atoms with Crippen molar-refractivity contribution >= 4 is 16.9 Å². The van der Waals surface area contributed by atoms with Crippen LogP contribution in [0.2, 0.25) is 0 Å². The zero-order valence-electron chi connectivity index (χ0n) is 16.8. The summed E-state index contributed by atoms with van der Waals surface area (Å²) in [6.45, 7) is 3.45. The third kappa shape index (κ3) is 2.88. The molecule has 0 bridgehead atoms. The molecule has 4 aromatic rings. The highest BCUT2D eigenvalue weighted by Gasteiger charge is 2.23. The lowest BCUT2D eigenvalue weighted by Crippen LogP contribution is -2.39. The first kappa shape index (κ1) is 18.8. The van der Waals surface area contributed by atoms with Gasteiger partial charge in [0.05, 0.1) is 19.2 Å². The average molecular weight is 411 g/mol. The van der Waals surface area contributed by atoms with Gasteiger partial charge in [0, 0.05) is 25.5 Å². The smallest absolute Gasteiger partial charge is 0.332 e. The van der Waals surface area contributed by atoms with Crippen LogP contribution in [0.15, 0.2) is 40.1 Å². The average Bonchev–Trinajstić information content (AvgIpc) is 3.43. The zero-order valence-corrected chi connectivity index (χ0v) is 16.8. The Bertz CT molecular complexity index is 1370. The highest BCUT2D eigenvalue weighted by atomic mass is 19.1. The van der Waals surface area contributed by atoms with E-state index in [0.29, 0.717) is 29.0 Å². The number of nitrogens with zero attached hydrogens (tertiary/aromatic N) is 5. The van der Waals surface area contributed by atoms with E-state index in [4.69, 9.17) is 4.74 Å². The Morgan fingerprint density at radius 1 is 1.20 bits per heavy atom. The van der Waals surface area contributed by atoms with Crippen molar-refractivity contribution in [3.63, 3.8) is 0 Å². The number of aromatic nitrogens is 5. The minimum Gasteiger partial charge on any atom is -0.376 e. The van der Waals surface area contributed by atoms with E-state index in [-0.39, 0.29) is 18.5 Å². The second kappa shape index (κ2) is 6.94. The van der Waals surface area contributed by atoms with Crippen LogP contribution in [0, 0.1) is 12.7 Å². The standard InChI is InChI=1S/C21H22FN5O3/c1-13-10-26-17-18(23-20(26)25(13)12-16-4-3-9-30-16)24(2)21(29)27(19(17)28)11-14-5-7-15(22)8-6-14/h5-8,10,16H,3-4,9,11-12H2,1-2H3/t16-/m0/s1. The van der Waals surface area contributed by atoms with E-state index < -0.39 is 11.2 Å². The maximum Gasteiger partial charge on any atom is 0.332 e. The lowest BCUT2D eigenvalue weighted by atomic mass is 10.2. The molecular formula is C21H22FN5O3. The van der Waals surface area contributed by atoms with Crippen LogP contribution in [0.4, 0.5) is 4.39 Å². The Kier molecular flexibility index (Phi) is 4.35. The summed E-state index contributed by atoms with van der Waals surface area (Å²) < 4.78 is 25.3. The summed E-state index contributed by atoms with van der Waals surface area (Å²) >= 11 is 0. The summed E-state index contributed by atoms with van der Waals surface area (Å²) in [7, 11) is 1.61. The first-order chi connectivity index (χ1) is 14.4. The monoisotopic (exact) mass is 411 g/mol. The molecule has 3 aromatic heterocycles. The van der Waals surface area contributed by atoms with Crippen LogP contribution in [0.3, 0.4) is 0 Å². The van der Waals surface area contributed by atoms with Gasteiger partial charge in [-0.2, -0.15) is 4.98 Å². The van der Waals surface area contributed by atoms with Crippen molar-refractivity contribution in [1.82, 2.24) is 23.1 Å². The summed E-state index contributed by atoms with van der Waals surface area (Å²) in [5.74, 6) is 0.250. The molecule has 0 unspecified atom stereocenters. The maximum absolute atomic E-state index is 13.3. The van der Waals surface area contributed by atoms with E-state index in [1.807, 2.05) is 17.7 Å². The molecule has 0 radical (unpaired) electrons. The van der Waals surface area contributed by atoms with Gasteiger partial charge in [0.2, 0.25) is 5.78 Å². The number of hydrogen-bond acceptors (Lipinski definition) is 4. The van der Waals surface area contributed by atoms with Crippen LogP contribution in [0.1, 0.15) is 24.1 Å². The highest BCUT2D eigenvalue weighted by Crippen LogP contribution is 2.20. The van der Waals surface area contributed by atoms with Gasteiger partial charge in [-0.15, -0.1) is 0 Å². The second-order valence-corrected chi connectivity index (χ2v) is 7.83. The minimum atomic E-state index is -0.458. The second-order valence-electron chi connectivity index (χ2n) is 7.83. The molecule has 0 spiro atoms. The Labute approximate surface area is 170 Å². The van der Waals surface area contributed by atoms with E-state index in [2.05, 4.69) is 4.98 Å². The van der Waals surface area contributed by atoms with Crippen molar-refractivity contribution in [3.8, 4) is 0 Å². The molecule has 1 atom stereocenters. The fourth-order valence-electron chi connectivity index (χ4n) is 4.18. The van der Waals surface area contributed by atoms with Gasteiger partial charge in [0.15, 0.2) is 11.2 Å². The number of hydrogen-bond donors (Lipinski definition) is 0. The number of aryl methyl sites for hydroxylation is 2. The van der Waals surface area contributed by atoms with E-state index in [1.165, 1.54) is 16.7 Å². The summed E-state index contributed by atoms with van der Waals surface area (Å²) in [5, 5.41) is 0. The van der Waals surface area contributed by atoms with Crippen LogP contribution in [0.25, 0.3) is 16.9 Å². The summed E-state index contributed by atoms with van der Waals surface area (Å²) in [6.07, 6.45) is 4.03. The van der Waals surface area contributed by atoms with Gasteiger partial charge in [-0.1, -0.05) is 12.1 Å². The third-order valence-electron chi connectivity index (χ3n) is 5.80. The van der Waals surface area contributed by atoms with E-state index in [0.717, 1.165) is 29.7 Å². The SMILES string of the molecule is Cc1cn2c3c(=O)n(Cc4ccc(F)cc4)c(=O)n(C)c3nc2n1C[C@@H]1CCCO1. The predicted molar refractivity (Wildman–Crippen MR) is 109 cm³/mol. The Hall–Kier alpha value is -3.20. The number of fused-ring (bicyclic) bond motifs is 3. The highest BCUT2D eigenvalue weighted by molar-refractivity contribution is 5.75. The van der Waals surface area contributed by atoms with Crippen LogP contribution >= 0.6 is 0 Å². The topological polar surface area (TPSA) is 75.5 Å². The van der Waals surface area contributed by atoms with Crippen molar-refractivity contribution in [2.75, 3.05) is 6.61 Å². The molecule has 1 aliphatic heterocycles. The first-order valence-corrected chi connectivity index (χ1v) is 9.98. The van der Waals surface area contributed by atoms with E-state index in [9.17, 15) is 14.0 Å². The van der Waals surface area contributed by atoms with Crippen molar-refractivity contribution in [2.45, 2.75) is 39.0 Å². The molecule has 1 fully saturated rings. The van der Waals surface area contributed by atoms with Gasteiger partial charge in [0.1, 0.15) is 5.82 Å². The van der Waals surface area contributed by atoms with Gasteiger partial charge in [-0.25, -0.2) is 9.18 Å². The molecule has 0 aliphatic carbocycles. The van der Waals surface area contributed by atoms with E-state index >= 15 is 0 Å². The predicted octanol–water partition coefficient (Wildman–Crippen LogP) is 1.82. The molecular weight excluding hydrogens is 389 g/mol. The van der Waals surface area contributed by atoms with Gasteiger partial charge in [-0.05, 0) is 37.5 Å². The minimum absolute atomic E-state index is 0.0601. The number of halogens is 1. The normalized spacial score (nSPS) is 16.8. The van der Waals surface area contributed by atoms with Crippen LogP contribution < -0.4 is 11.2 Å². The van der Waals surface area contributed by atoms with E-state index in [1.54, 1.807) is 23.6 Å². The molecule has 4 heterocycles. The zero-order chi connectivity index (χ0) is 21.0. The van der Waals surface area contributed by atoms with Crippen molar-refractivity contribution in [1.29, 1.82) is 0 Å². The number of rotatable bonds is 4. The summed E-state index contributed by atoms with van der Waals surface area (Å²) in [4.78, 5) is 30.8. The largest absolute Gasteiger partial charge is 0.376 e. The maximum atomic E-state index is 13.3. The fourth-order valence-corrected chi connectivity index (χ4v) is 4.18. The number of imidazole rings is 2. The fraction of sp³-hybridized carbons (Fsp3) is 0.381. The molecule has 30 heavy (non-hydrogen) atoms. The molecule has 0 saturated carbocycles. The molecule has 1 aliphatic rings. The van der Waals surface area contributed by atoms with Crippen LogP contribution in [0.5, 0.6) is 0 Å². The molecule has 0 N–H and O–H groups in total. The van der Waals surface area contributed by atoms with Crippen molar-refractivity contribution in [2.24, 2.45) is 7.05 Å². The molecule has 0 amide bonds. The summed E-state index contributed by atoms with van der Waals surface area (Å²) in [5.41, 5.74) is 1.45. The van der Waals surface area contributed by atoms with Crippen LogP contribution in [-0.2, 0) is 24.9 Å². The lowest BCUT2D eigenvalue weighted by molar-refractivity contribution is 0.0974. The van der Waals surface area contributed by atoms with Gasteiger partial charge >= 0.3 is 5.69 Å². The van der Waals surface area contributed by atoms with Gasteiger partial charge in [0.25, 0.3) is 5.56 Å². The first-order valence-electron chi connectivity index (χ1n) is 9.98. The number of ether oxygens (including phenoxy) is 1. The third-order valence-corrected chi connectivity index (χ3v) is 5.80. The van der Waals surface area contributed by atoms with Crippen LogP contribution in [-0.4, -0.2) is 35.8 Å². The lowest BCUT2D eigenvalue weighted by Gasteiger charge is -2.11. The molecule has 9 heteroatoms. The van der Waals surface area contributed by atoms with Gasteiger partial charge in [-0.3, -0.25) is 18.3 Å². The molecule has 8 nitrogen and oxygen atoms in total.